The van der Waals surface area contributed by atoms with Crippen LogP contribution in [-0.2, 0) is 30.8 Å². The fourth-order valence-corrected chi connectivity index (χ4v) is 5.30. The lowest BCUT2D eigenvalue weighted by molar-refractivity contribution is -0.132. The maximum absolute atomic E-state index is 13.4. The highest BCUT2D eigenvalue weighted by molar-refractivity contribution is 5.94. The van der Waals surface area contributed by atoms with Crippen LogP contribution in [-0.4, -0.2) is 60.6 Å². The molecule has 0 unspecified atom stereocenters. The number of hydrogen-bond acceptors (Lipinski definition) is 5. The maximum Gasteiger partial charge on any atom is 0.274 e. The molecule has 188 valence electrons. The van der Waals surface area contributed by atoms with Crippen LogP contribution in [0.2, 0.25) is 0 Å². The molecule has 4 heterocycles. The van der Waals surface area contributed by atoms with Crippen LogP contribution >= 0.6 is 0 Å². The molecular formula is C28H28N6O3. The lowest BCUT2D eigenvalue weighted by Crippen LogP contribution is -2.40. The van der Waals surface area contributed by atoms with E-state index in [-0.39, 0.29) is 23.9 Å². The van der Waals surface area contributed by atoms with Gasteiger partial charge in [-0.3, -0.25) is 23.6 Å². The van der Waals surface area contributed by atoms with E-state index in [1.165, 1.54) is 10.9 Å². The summed E-state index contributed by atoms with van der Waals surface area (Å²) in [4.78, 5) is 47.5. The zero-order valence-electron chi connectivity index (χ0n) is 20.5. The van der Waals surface area contributed by atoms with Crippen LogP contribution < -0.4 is 5.56 Å². The number of benzene rings is 2. The molecule has 2 amide bonds. The second-order valence-electron chi connectivity index (χ2n) is 9.68. The summed E-state index contributed by atoms with van der Waals surface area (Å²) >= 11 is 0. The minimum atomic E-state index is -0.239. The first-order chi connectivity index (χ1) is 18.1. The van der Waals surface area contributed by atoms with E-state index in [1.54, 1.807) is 23.1 Å². The molecule has 0 N–H and O–H groups in total. The van der Waals surface area contributed by atoms with Crippen molar-refractivity contribution in [1.29, 1.82) is 0 Å². The predicted molar refractivity (Wildman–Crippen MR) is 138 cm³/mol. The van der Waals surface area contributed by atoms with Gasteiger partial charge in [0.25, 0.3) is 11.5 Å². The van der Waals surface area contributed by atoms with Gasteiger partial charge in [-0.2, -0.15) is 5.10 Å². The third-order valence-electron chi connectivity index (χ3n) is 7.29. The summed E-state index contributed by atoms with van der Waals surface area (Å²) in [6, 6.07) is 17.2. The van der Waals surface area contributed by atoms with Crippen LogP contribution in [0.5, 0.6) is 0 Å². The third kappa shape index (κ3) is 4.41. The molecule has 2 aliphatic heterocycles. The van der Waals surface area contributed by atoms with Gasteiger partial charge < -0.3 is 9.80 Å². The first-order valence-corrected chi connectivity index (χ1v) is 12.7. The topological polar surface area (TPSA) is 93.3 Å². The Bertz CT molecular complexity index is 1530. The van der Waals surface area contributed by atoms with E-state index in [4.69, 9.17) is 5.10 Å². The van der Waals surface area contributed by atoms with Gasteiger partial charge in [-0.05, 0) is 30.5 Å². The van der Waals surface area contributed by atoms with Crippen LogP contribution in [0, 0.1) is 0 Å². The van der Waals surface area contributed by atoms with E-state index in [2.05, 4.69) is 4.98 Å². The zero-order valence-corrected chi connectivity index (χ0v) is 20.5. The Labute approximate surface area is 213 Å². The van der Waals surface area contributed by atoms with Crippen LogP contribution in [0.25, 0.3) is 10.9 Å². The Balaban J connectivity index is 1.28. The highest BCUT2D eigenvalue weighted by atomic mass is 16.2. The third-order valence-corrected chi connectivity index (χ3v) is 7.29. The van der Waals surface area contributed by atoms with Crippen molar-refractivity contribution < 1.29 is 9.59 Å². The van der Waals surface area contributed by atoms with Crippen LogP contribution in [0.4, 0.5) is 0 Å². The molecule has 0 saturated carbocycles. The minimum absolute atomic E-state index is 0.0650. The van der Waals surface area contributed by atoms with Crippen molar-refractivity contribution in [2.45, 2.75) is 38.9 Å². The fourth-order valence-electron chi connectivity index (χ4n) is 5.30. The van der Waals surface area contributed by atoms with Crippen LogP contribution in [0.1, 0.15) is 40.2 Å². The lowest BCUT2D eigenvalue weighted by atomic mass is 10.0. The first-order valence-electron chi connectivity index (χ1n) is 12.7. The quantitative estimate of drug-likeness (QED) is 0.423. The van der Waals surface area contributed by atoms with Crippen molar-refractivity contribution >= 4 is 22.7 Å². The van der Waals surface area contributed by atoms with E-state index < -0.39 is 0 Å². The number of likely N-dealkylation sites (tertiary alicyclic amines) is 1. The molecule has 4 aromatic rings. The summed E-state index contributed by atoms with van der Waals surface area (Å²) in [5.41, 5.74) is 3.73. The normalized spacial score (nSPS) is 15.2. The van der Waals surface area contributed by atoms with Gasteiger partial charge in [0.15, 0.2) is 5.69 Å². The molecule has 0 atom stereocenters. The number of hydrogen-bond donors (Lipinski definition) is 0. The summed E-state index contributed by atoms with van der Waals surface area (Å²) in [5, 5.41) is 5.27. The molecule has 1 saturated heterocycles. The van der Waals surface area contributed by atoms with Crippen LogP contribution in [0.15, 0.2) is 65.7 Å². The van der Waals surface area contributed by atoms with Gasteiger partial charge >= 0.3 is 0 Å². The molecule has 0 spiro atoms. The maximum atomic E-state index is 13.4. The van der Waals surface area contributed by atoms with Crippen molar-refractivity contribution in [3.63, 3.8) is 0 Å². The number of carbonyl (C=O) groups excluding carboxylic acids is 2. The van der Waals surface area contributed by atoms with Crippen molar-refractivity contribution in [1.82, 2.24) is 29.1 Å². The smallest absolute Gasteiger partial charge is 0.274 e. The predicted octanol–water partition coefficient (Wildman–Crippen LogP) is 2.46. The Kier molecular flexibility index (Phi) is 6.04. The van der Waals surface area contributed by atoms with E-state index in [1.807, 2.05) is 46.0 Å². The van der Waals surface area contributed by atoms with Gasteiger partial charge in [0.1, 0.15) is 6.54 Å². The standard InChI is InChI=1S/C28H28N6O3/c35-25(18-33-19-29-23-11-5-4-10-21(23)27(33)36)32-15-12-24-22(17-32)26(28(37)31-13-6-7-14-31)30-34(24)16-20-8-2-1-3-9-20/h1-5,8-11,19H,6-7,12-18H2. The lowest BCUT2D eigenvalue weighted by Gasteiger charge is -2.28. The number of fused-ring (bicyclic) bond motifs is 2. The van der Waals surface area contributed by atoms with Crippen molar-refractivity contribution in [3.8, 4) is 0 Å². The van der Waals surface area contributed by atoms with Gasteiger partial charge in [-0.1, -0.05) is 42.5 Å². The van der Waals surface area contributed by atoms with Crippen molar-refractivity contribution in [2.75, 3.05) is 19.6 Å². The molecule has 9 heteroatoms. The van der Waals surface area contributed by atoms with Gasteiger partial charge in [0.2, 0.25) is 5.91 Å². The number of carbonyl (C=O) groups is 2. The summed E-state index contributed by atoms with van der Waals surface area (Å²) in [7, 11) is 0. The number of rotatable bonds is 5. The Hall–Kier alpha value is -4.27. The molecule has 37 heavy (non-hydrogen) atoms. The summed E-state index contributed by atoms with van der Waals surface area (Å²) in [5.74, 6) is -0.245. The fraction of sp³-hybridized carbons (Fsp3) is 0.321. The molecule has 1 fully saturated rings. The molecule has 6 rings (SSSR count). The number of amides is 2. The largest absolute Gasteiger partial charge is 0.337 e. The van der Waals surface area contributed by atoms with Crippen LogP contribution in [0.3, 0.4) is 0 Å². The number of aromatic nitrogens is 4. The molecule has 0 radical (unpaired) electrons. The first kappa shape index (κ1) is 23.1. The number of nitrogens with zero attached hydrogens (tertiary/aromatic N) is 6. The van der Waals surface area contributed by atoms with Gasteiger partial charge in [0, 0.05) is 43.9 Å². The molecule has 2 aliphatic rings. The monoisotopic (exact) mass is 496 g/mol. The average molecular weight is 497 g/mol. The highest BCUT2D eigenvalue weighted by Gasteiger charge is 2.32. The summed E-state index contributed by atoms with van der Waals surface area (Å²) in [6.07, 6.45) is 4.02. The number of para-hydroxylation sites is 1. The van der Waals surface area contributed by atoms with E-state index >= 15 is 0 Å². The zero-order chi connectivity index (χ0) is 25.4. The second-order valence-corrected chi connectivity index (χ2v) is 9.68. The van der Waals surface area contributed by atoms with Crippen molar-refractivity contribution in [2.24, 2.45) is 0 Å². The van der Waals surface area contributed by atoms with E-state index in [0.717, 1.165) is 42.8 Å². The minimum Gasteiger partial charge on any atom is -0.337 e. The van der Waals surface area contributed by atoms with Crippen molar-refractivity contribution in [3.05, 3.63) is 93.8 Å². The van der Waals surface area contributed by atoms with Gasteiger partial charge in [-0.25, -0.2) is 4.98 Å². The SMILES string of the molecule is O=C(Cn1cnc2ccccc2c1=O)N1CCc2c(c(C(=O)N3CCCC3)nn2Cc2ccccc2)C1. The second kappa shape index (κ2) is 9.65. The molecule has 0 aliphatic carbocycles. The van der Waals surface area contributed by atoms with Gasteiger partial charge in [0.05, 0.1) is 23.8 Å². The molecular weight excluding hydrogens is 468 g/mol. The Morgan fingerprint density at radius 1 is 0.892 bits per heavy atom. The Morgan fingerprint density at radius 3 is 2.46 bits per heavy atom. The Morgan fingerprint density at radius 2 is 1.65 bits per heavy atom. The van der Waals surface area contributed by atoms with Gasteiger partial charge in [-0.15, -0.1) is 0 Å². The molecule has 9 nitrogen and oxygen atoms in total. The van der Waals surface area contributed by atoms with E-state index in [9.17, 15) is 14.4 Å². The summed E-state index contributed by atoms with van der Waals surface area (Å²) in [6.45, 7) is 2.74. The molecule has 0 bridgehead atoms. The van der Waals surface area contributed by atoms with E-state index in [0.29, 0.717) is 42.7 Å². The summed E-state index contributed by atoms with van der Waals surface area (Å²) < 4.78 is 3.28. The molecule has 2 aromatic carbocycles. The highest BCUT2D eigenvalue weighted by Crippen LogP contribution is 2.26. The molecule has 2 aromatic heterocycles. The average Bonchev–Trinajstić information content (AvgIpc) is 3.59.